The number of nitrogens with zero attached hydrogens (tertiary/aromatic N) is 3. The number of hydrogen-bond acceptors (Lipinski definition) is 3. The first-order chi connectivity index (χ1) is 9.31. The van der Waals surface area contributed by atoms with Crippen LogP contribution in [0.3, 0.4) is 0 Å². The second-order valence-corrected chi connectivity index (χ2v) is 4.71. The van der Waals surface area contributed by atoms with Crippen LogP contribution >= 0.6 is 0 Å². The van der Waals surface area contributed by atoms with E-state index in [1.807, 2.05) is 13.8 Å². The third-order valence-electron chi connectivity index (χ3n) is 2.78. The minimum absolute atomic E-state index is 0.0953. The van der Waals surface area contributed by atoms with Gasteiger partial charge in [0.15, 0.2) is 11.5 Å². The molecule has 0 aromatic carbocycles. The van der Waals surface area contributed by atoms with Crippen LogP contribution in [-0.2, 0) is 12.8 Å². The maximum atomic E-state index is 12.5. The first kappa shape index (κ1) is 14.5. The highest BCUT2D eigenvalue weighted by atomic mass is 19.4. The monoisotopic (exact) mass is 285 g/mol. The predicted octanol–water partition coefficient (Wildman–Crippen LogP) is 2.90. The number of aliphatic hydroxyl groups is 1. The van der Waals surface area contributed by atoms with E-state index in [1.54, 1.807) is 6.07 Å². The van der Waals surface area contributed by atoms with Crippen LogP contribution in [0.2, 0.25) is 0 Å². The van der Waals surface area contributed by atoms with E-state index >= 15 is 0 Å². The number of rotatable bonds is 3. The molecule has 0 saturated heterocycles. The van der Waals surface area contributed by atoms with Crippen LogP contribution in [-0.4, -0.2) is 19.9 Å². The van der Waals surface area contributed by atoms with E-state index in [4.69, 9.17) is 0 Å². The zero-order valence-corrected chi connectivity index (χ0v) is 11.0. The van der Waals surface area contributed by atoms with Crippen LogP contribution in [0.5, 0.6) is 0 Å². The summed E-state index contributed by atoms with van der Waals surface area (Å²) in [5, 5.41) is 12.7. The quantitative estimate of drug-likeness (QED) is 0.943. The van der Waals surface area contributed by atoms with E-state index < -0.39 is 11.9 Å². The van der Waals surface area contributed by atoms with Gasteiger partial charge < -0.3 is 5.11 Å². The maximum Gasteiger partial charge on any atom is 0.435 e. The van der Waals surface area contributed by atoms with Gasteiger partial charge in [0.2, 0.25) is 0 Å². The third-order valence-corrected chi connectivity index (χ3v) is 2.78. The zero-order chi connectivity index (χ0) is 14.9. The Morgan fingerprint density at radius 3 is 2.50 bits per heavy atom. The van der Waals surface area contributed by atoms with Crippen molar-refractivity contribution in [1.29, 1.82) is 0 Å². The predicted molar refractivity (Wildman–Crippen MR) is 66.4 cm³/mol. The molecule has 20 heavy (non-hydrogen) atoms. The zero-order valence-electron chi connectivity index (χ0n) is 11.0. The molecule has 0 fully saturated rings. The van der Waals surface area contributed by atoms with Gasteiger partial charge in [0.1, 0.15) is 0 Å². The Balaban J connectivity index is 2.46. The normalized spacial score (nSPS) is 12.2. The number of alkyl halides is 3. The number of hydrogen-bond donors (Lipinski definition) is 1. The summed E-state index contributed by atoms with van der Waals surface area (Å²) in [5.41, 5.74) is 0.304. The Morgan fingerprint density at radius 1 is 1.30 bits per heavy atom. The molecule has 0 aliphatic rings. The molecule has 0 aliphatic carbocycles. The summed E-state index contributed by atoms with van der Waals surface area (Å²) in [7, 11) is 0. The lowest BCUT2D eigenvalue weighted by Gasteiger charge is -2.10. The van der Waals surface area contributed by atoms with Crippen LogP contribution in [0, 0.1) is 0 Å². The average molecular weight is 285 g/mol. The Morgan fingerprint density at radius 2 is 2.00 bits per heavy atom. The lowest BCUT2D eigenvalue weighted by Crippen LogP contribution is -2.09. The minimum Gasteiger partial charge on any atom is -0.392 e. The number of aromatic nitrogens is 3. The van der Waals surface area contributed by atoms with Gasteiger partial charge in [-0.25, -0.2) is 9.67 Å². The van der Waals surface area contributed by atoms with Gasteiger partial charge in [-0.05, 0) is 29.7 Å². The van der Waals surface area contributed by atoms with Crippen molar-refractivity contribution in [3.63, 3.8) is 0 Å². The molecule has 2 aromatic rings. The highest BCUT2D eigenvalue weighted by molar-refractivity contribution is 5.31. The average Bonchev–Trinajstić information content (AvgIpc) is 2.87. The summed E-state index contributed by atoms with van der Waals surface area (Å²) >= 11 is 0. The molecule has 0 aliphatic heterocycles. The second-order valence-electron chi connectivity index (χ2n) is 4.71. The summed E-state index contributed by atoms with van der Waals surface area (Å²) < 4.78 is 38.7. The molecular weight excluding hydrogens is 271 g/mol. The van der Waals surface area contributed by atoms with Gasteiger partial charge in [-0.1, -0.05) is 13.8 Å². The summed E-state index contributed by atoms with van der Waals surface area (Å²) in [6, 6.07) is 4.13. The van der Waals surface area contributed by atoms with E-state index in [9.17, 15) is 18.3 Å². The molecule has 0 radical (unpaired) electrons. The smallest absolute Gasteiger partial charge is 0.392 e. The van der Waals surface area contributed by atoms with Gasteiger partial charge in [-0.2, -0.15) is 18.3 Å². The van der Waals surface area contributed by atoms with Crippen LogP contribution in [0.15, 0.2) is 24.4 Å². The molecule has 0 unspecified atom stereocenters. The van der Waals surface area contributed by atoms with E-state index in [1.165, 1.54) is 12.3 Å². The fourth-order valence-electron chi connectivity index (χ4n) is 1.70. The van der Waals surface area contributed by atoms with Crippen molar-refractivity contribution in [2.24, 2.45) is 0 Å². The van der Waals surface area contributed by atoms with Crippen LogP contribution in [0.4, 0.5) is 13.2 Å². The topological polar surface area (TPSA) is 50.9 Å². The molecular formula is C13H14F3N3O. The first-order valence-corrected chi connectivity index (χ1v) is 6.06. The fourth-order valence-corrected chi connectivity index (χ4v) is 1.70. The van der Waals surface area contributed by atoms with Gasteiger partial charge in [0.05, 0.1) is 6.61 Å². The van der Waals surface area contributed by atoms with Crippen molar-refractivity contribution >= 4 is 0 Å². The number of aliphatic hydroxyl groups excluding tert-OH is 1. The summed E-state index contributed by atoms with van der Waals surface area (Å²) in [6.45, 7) is 3.62. The van der Waals surface area contributed by atoms with Crippen molar-refractivity contribution in [1.82, 2.24) is 14.8 Å². The maximum absolute atomic E-state index is 12.5. The van der Waals surface area contributed by atoms with E-state index in [2.05, 4.69) is 10.1 Å². The Hall–Kier alpha value is -1.89. The molecule has 1 N–H and O–H groups in total. The van der Waals surface area contributed by atoms with Gasteiger partial charge >= 0.3 is 6.18 Å². The fraction of sp³-hybridized carbons (Fsp3) is 0.385. The molecule has 108 valence electrons. The molecule has 2 aromatic heterocycles. The molecule has 2 rings (SSSR count). The standard InChI is InChI=1S/C13H14F3N3O/c1-8(2)10-5-9(7-20)6-12(17-10)19-4-3-11(18-19)13(14,15)16/h3-6,8,20H,7H2,1-2H3. The van der Waals surface area contributed by atoms with Gasteiger partial charge in [-0.3, -0.25) is 0 Å². The van der Waals surface area contributed by atoms with Crippen molar-refractivity contribution < 1.29 is 18.3 Å². The van der Waals surface area contributed by atoms with Gasteiger partial charge in [-0.15, -0.1) is 0 Å². The van der Waals surface area contributed by atoms with Crippen LogP contribution in [0.25, 0.3) is 5.82 Å². The molecule has 0 saturated carbocycles. The van der Waals surface area contributed by atoms with E-state index in [0.717, 1.165) is 10.7 Å². The number of pyridine rings is 1. The lowest BCUT2D eigenvalue weighted by molar-refractivity contribution is -0.141. The SMILES string of the molecule is CC(C)c1cc(CO)cc(-n2ccc(C(F)(F)F)n2)n1. The summed E-state index contributed by atoms with van der Waals surface area (Å²) in [5.74, 6) is 0.355. The largest absolute Gasteiger partial charge is 0.435 e. The molecule has 0 atom stereocenters. The summed E-state index contributed by atoms with van der Waals surface area (Å²) in [4.78, 5) is 4.27. The van der Waals surface area contributed by atoms with Crippen molar-refractivity contribution in [3.8, 4) is 5.82 Å². The highest BCUT2D eigenvalue weighted by Gasteiger charge is 2.33. The van der Waals surface area contributed by atoms with Crippen LogP contribution in [0.1, 0.15) is 36.7 Å². The van der Waals surface area contributed by atoms with Crippen molar-refractivity contribution in [3.05, 3.63) is 41.3 Å². The summed E-state index contributed by atoms with van der Waals surface area (Å²) in [6.07, 6.45) is -3.28. The van der Waals surface area contributed by atoms with E-state index in [0.29, 0.717) is 11.3 Å². The second kappa shape index (κ2) is 5.24. The van der Waals surface area contributed by atoms with Crippen molar-refractivity contribution in [2.45, 2.75) is 32.5 Å². The van der Waals surface area contributed by atoms with Crippen molar-refractivity contribution in [2.75, 3.05) is 0 Å². The van der Waals surface area contributed by atoms with E-state index in [-0.39, 0.29) is 18.3 Å². The highest BCUT2D eigenvalue weighted by Crippen LogP contribution is 2.28. The van der Waals surface area contributed by atoms with Gasteiger partial charge in [0.25, 0.3) is 0 Å². The van der Waals surface area contributed by atoms with Crippen LogP contribution < -0.4 is 0 Å². The lowest BCUT2D eigenvalue weighted by atomic mass is 10.1. The minimum atomic E-state index is -4.49. The number of halogens is 3. The molecule has 0 bridgehead atoms. The molecule has 2 heterocycles. The molecule has 7 heteroatoms. The third kappa shape index (κ3) is 2.98. The Labute approximate surface area is 113 Å². The first-order valence-electron chi connectivity index (χ1n) is 6.06. The Bertz CT molecular complexity index is 605. The Kier molecular flexibility index (Phi) is 3.80. The molecule has 0 spiro atoms. The molecule has 0 amide bonds. The molecule has 4 nitrogen and oxygen atoms in total. The van der Waals surface area contributed by atoms with Gasteiger partial charge in [0, 0.05) is 11.9 Å².